The molecule has 1 amide bonds. The van der Waals surface area contributed by atoms with Gasteiger partial charge in [-0.25, -0.2) is 4.98 Å². The van der Waals surface area contributed by atoms with Crippen LogP contribution in [0.4, 0.5) is 5.82 Å². The summed E-state index contributed by atoms with van der Waals surface area (Å²) >= 11 is 0. The van der Waals surface area contributed by atoms with Crippen molar-refractivity contribution in [2.24, 2.45) is 11.8 Å². The molecule has 2 aliphatic heterocycles. The molecule has 132 valence electrons. The van der Waals surface area contributed by atoms with E-state index in [1.54, 1.807) is 12.4 Å². The van der Waals surface area contributed by atoms with E-state index in [1.807, 2.05) is 18.9 Å². The van der Waals surface area contributed by atoms with E-state index in [0.717, 1.165) is 17.9 Å². The summed E-state index contributed by atoms with van der Waals surface area (Å²) in [5.41, 5.74) is 7.11. The van der Waals surface area contributed by atoms with Crippen LogP contribution in [0.5, 0.6) is 0 Å². The van der Waals surface area contributed by atoms with Crippen LogP contribution in [0.25, 0.3) is 0 Å². The summed E-state index contributed by atoms with van der Waals surface area (Å²) in [5.74, 6) is 1.18. The van der Waals surface area contributed by atoms with Gasteiger partial charge in [-0.2, -0.15) is 0 Å². The minimum absolute atomic E-state index is 0.0153. The van der Waals surface area contributed by atoms with Gasteiger partial charge in [0.2, 0.25) is 5.91 Å². The predicted octanol–water partition coefficient (Wildman–Crippen LogP) is -0.352. The lowest BCUT2D eigenvalue weighted by Crippen LogP contribution is -2.43. The topological polar surface area (TPSA) is 91.4 Å². The number of ether oxygens (including phenoxy) is 1. The fourth-order valence-corrected chi connectivity index (χ4v) is 3.23. The summed E-state index contributed by atoms with van der Waals surface area (Å²) in [5, 5.41) is 2.96. The molecule has 3 N–H and O–H groups in total. The quantitative estimate of drug-likeness (QED) is 0.693. The number of carbonyl (C=O) groups is 1. The van der Waals surface area contributed by atoms with Crippen molar-refractivity contribution in [3.63, 3.8) is 0 Å². The van der Waals surface area contributed by atoms with Crippen molar-refractivity contribution in [3.8, 4) is 0 Å². The Balaban J connectivity index is 1.62. The van der Waals surface area contributed by atoms with E-state index >= 15 is 0 Å². The number of nitrogens with zero attached hydrogens (tertiary/aromatic N) is 3. The Morgan fingerprint density at radius 1 is 1.46 bits per heavy atom. The molecule has 1 aromatic rings. The monoisotopic (exact) mass is 334 g/mol. The van der Waals surface area contributed by atoms with Gasteiger partial charge >= 0.3 is 0 Å². The van der Waals surface area contributed by atoms with Gasteiger partial charge in [-0.05, 0) is 13.3 Å². The van der Waals surface area contributed by atoms with Gasteiger partial charge in [0.05, 0.1) is 37.2 Å². The van der Waals surface area contributed by atoms with Crippen molar-refractivity contribution >= 4 is 11.7 Å². The molecule has 1 aromatic heterocycles. The van der Waals surface area contributed by atoms with Crippen molar-refractivity contribution in [3.05, 3.63) is 18.1 Å². The van der Waals surface area contributed by atoms with Gasteiger partial charge in [0.1, 0.15) is 5.82 Å². The average molecular weight is 334 g/mol. The Bertz CT molecular complexity index is 552. The van der Waals surface area contributed by atoms with Crippen LogP contribution < -0.4 is 16.2 Å². The lowest BCUT2D eigenvalue weighted by molar-refractivity contribution is -0.135. The van der Waals surface area contributed by atoms with Crippen molar-refractivity contribution in [1.29, 1.82) is 0 Å². The molecule has 8 nitrogen and oxygen atoms in total. The van der Waals surface area contributed by atoms with Gasteiger partial charge in [-0.15, -0.1) is 0 Å². The molecule has 0 aliphatic carbocycles. The average Bonchev–Trinajstić information content (AvgIpc) is 2.89. The molecule has 8 heteroatoms. The van der Waals surface area contributed by atoms with Crippen LogP contribution in [-0.4, -0.2) is 66.7 Å². The van der Waals surface area contributed by atoms with E-state index in [-0.39, 0.29) is 23.8 Å². The molecule has 3 unspecified atom stereocenters. The van der Waals surface area contributed by atoms with Crippen molar-refractivity contribution in [2.75, 3.05) is 45.2 Å². The number of amides is 1. The Morgan fingerprint density at radius 3 is 3.00 bits per heavy atom. The second kappa shape index (κ2) is 7.87. The summed E-state index contributed by atoms with van der Waals surface area (Å²) in [6.45, 7) is 5.32. The van der Waals surface area contributed by atoms with Gasteiger partial charge in [0.25, 0.3) is 0 Å². The van der Waals surface area contributed by atoms with E-state index in [9.17, 15) is 4.79 Å². The molecule has 3 rings (SSSR count). The highest BCUT2D eigenvalue weighted by Crippen LogP contribution is 2.17. The first-order valence-corrected chi connectivity index (χ1v) is 8.51. The maximum atomic E-state index is 12.8. The number of hydrogen-bond donors (Lipinski definition) is 3. The zero-order chi connectivity index (χ0) is 16.9. The number of anilines is 1. The van der Waals surface area contributed by atoms with Gasteiger partial charge < -0.3 is 15.0 Å². The van der Waals surface area contributed by atoms with E-state index < -0.39 is 0 Å². The van der Waals surface area contributed by atoms with Gasteiger partial charge in [0, 0.05) is 38.6 Å². The molecule has 0 spiro atoms. The number of aromatic nitrogens is 2. The normalized spacial score (nSPS) is 27.8. The van der Waals surface area contributed by atoms with Gasteiger partial charge in [-0.1, -0.05) is 0 Å². The third-order valence-electron chi connectivity index (χ3n) is 4.68. The van der Waals surface area contributed by atoms with E-state index in [2.05, 4.69) is 26.1 Å². The molecular weight excluding hydrogens is 308 g/mol. The van der Waals surface area contributed by atoms with Crippen LogP contribution in [0.3, 0.4) is 0 Å². The Hall–Kier alpha value is -1.77. The number of hydrogen-bond acceptors (Lipinski definition) is 7. The smallest absolute Gasteiger partial charge is 0.228 e. The van der Waals surface area contributed by atoms with E-state index in [4.69, 9.17) is 4.74 Å². The van der Waals surface area contributed by atoms with Crippen LogP contribution in [0.15, 0.2) is 12.4 Å². The van der Waals surface area contributed by atoms with Crippen molar-refractivity contribution < 1.29 is 9.53 Å². The van der Waals surface area contributed by atoms with E-state index in [0.29, 0.717) is 32.8 Å². The fourth-order valence-electron chi connectivity index (χ4n) is 3.23. The first-order chi connectivity index (χ1) is 11.7. The van der Waals surface area contributed by atoms with Crippen LogP contribution in [-0.2, 0) is 16.0 Å². The summed E-state index contributed by atoms with van der Waals surface area (Å²) in [6.07, 6.45) is 4.28. The van der Waals surface area contributed by atoms with Crippen LogP contribution >= 0.6 is 0 Å². The number of nitrogens with one attached hydrogen (secondary N) is 3. The number of hydrazine groups is 1. The SMILES string of the molecule is CNc1cnc(CC2COCCN(C(=O)C3CNNC3C)C2)cn1. The predicted molar refractivity (Wildman–Crippen MR) is 90.3 cm³/mol. The molecule has 0 radical (unpaired) electrons. The highest BCUT2D eigenvalue weighted by molar-refractivity contribution is 5.80. The molecule has 2 saturated heterocycles. The standard InChI is InChI=1S/C16H26N6O2/c1-11-14(7-20-21-11)16(23)22-3-4-24-10-12(9-22)5-13-6-19-15(17-2)8-18-13/h6,8,11-12,14,20-21H,3-5,7,9-10H2,1-2H3,(H,17,19). The molecule has 3 atom stereocenters. The third-order valence-corrected chi connectivity index (χ3v) is 4.68. The Labute approximate surface area is 142 Å². The molecule has 3 heterocycles. The highest BCUT2D eigenvalue weighted by Gasteiger charge is 2.34. The minimum atomic E-state index is -0.0153. The molecular formula is C16H26N6O2. The Morgan fingerprint density at radius 2 is 2.33 bits per heavy atom. The number of rotatable bonds is 4. The summed E-state index contributed by atoms with van der Waals surface area (Å²) in [7, 11) is 1.82. The Kier molecular flexibility index (Phi) is 5.60. The van der Waals surface area contributed by atoms with Crippen LogP contribution in [0.2, 0.25) is 0 Å². The second-order valence-corrected chi connectivity index (χ2v) is 6.49. The maximum absolute atomic E-state index is 12.8. The molecule has 2 fully saturated rings. The molecule has 0 saturated carbocycles. The summed E-state index contributed by atoms with van der Waals surface area (Å²) in [4.78, 5) is 23.5. The molecule has 24 heavy (non-hydrogen) atoms. The first kappa shape index (κ1) is 17.1. The zero-order valence-electron chi connectivity index (χ0n) is 14.3. The third kappa shape index (κ3) is 4.00. The number of carbonyl (C=O) groups excluding carboxylic acids is 1. The first-order valence-electron chi connectivity index (χ1n) is 8.51. The maximum Gasteiger partial charge on any atom is 0.228 e. The van der Waals surface area contributed by atoms with Crippen molar-refractivity contribution in [1.82, 2.24) is 25.7 Å². The molecule has 0 aromatic carbocycles. The molecule has 0 bridgehead atoms. The van der Waals surface area contributed by atoms with Crippen LogP contribution in [0, 0.1) is 11.8 Å². The second-order valence-electron chi connectivity index (χ2n) is 6.49. The van der Waals surface area contributed by atoms with Gasteiger partial charge in [-0.3, -0.25) is 20.6 Å². The van der Waals surface area contributed by atoms with Crippen molar-refractivity contribution in [2.45, 2.75) is 19.4 Å². The molecule has 2 aliphatic rings. The lowest BCUT2D eigenvalue weighted by atomic mass is 9.99. The minimum Gasteiger partial charge on any atom is -0.379 e. The summed E-state index contributed by atoms with van der Waals surface area (Å²) < 4.78 is 5.71. The fraction of sp³-hybridized carbons (Fsp3) is 0.688. The van der Waals surface area contributed by atoms with Gasteiger partial charge in [0.15, 0.2) is 0 Å². The highest BCUT2D eigenvalue weighted by atomic mass is 16.5. The van der Waals surface area contributed by atoms with E-state index in [1.165, 1.54) is 0 Å². The lowest BCUT2D eigenvalue weighted by Gasteiger charge is -2.27. The van der Waals surface area contributed by atoms with Crippen LogP contribution in [0.1, 0.15) is 12.6 Å². The summed E-state index contributed by atoms with van der Waals surface area (Å²) in [6, 6.07) is 0.153. The largest absolute Gasteiger partial charge is 0.379 e. The zero-order valence-corrected chi connectivity index (χ0v) is 14.3.